The summed E-state index contributed by atoms with van der Waals surface area (Å²) in [7, 11) is 0. The van der Waals surface area contributed by atoms with Crippen molar-refractivity contribution in [3.8, 4) is 11.5 Å². The Bertz CT molecular complexity index is 1360. The first-order valence-electron chi connectivity index (χ1n) is 19.1. The molecule has 0 aliphatic carbocycles. The van der Waals surface area contributed by atoms with E-state index in [1.54, 1.807) is 23.5 Å². The second-order valence-electron chi connectivity index (χ2n) is 19.2. The van der Waals surface area contributed by atoms with Gasteiger partial charge >= 0.3 is 11.9 Å². The number of phenolic OH excluding ortho intramolecular Hbond substituents is 2. The molecule has 0 aromatic heterocycles. The lowest BCUT2D eigenvalue weighted by Gasteiger charge is -2.41. The van der Waals surface area contributed by atoms with Crippen LogP contribution in [-0.2, 0) is 31.2 Å². The normalized spacial score (nSPS) is 15.3. The number of hydrogen-bond donors (Lipinski definition) is 4. The van der Waals surface area contributed by atoms with Crippen molar-refractivity contribution in [2.45, 2.75) is 173 Å². The highest BCUT2D eigenvalue weighted by atomic mass is 32.2. The maximum absolute atomic E-state index is 13.6. The molecule has 0 bridgehead atoms. The molecule has 8 heteroatoms. The van der Waals surface area contributed by atoms with Gasteiger partial charge in [0.2, 0.25) is 0 Å². The minimum atomic E-state index is -0.992. The molecule has 0 fully saturated rings. The molecule has 2 atom stereocenters. The van der Waals surface area contributed by atoms with E-state index in [0.29, 0.717) is 35.8 Å². The lowest BCUT2D eigenvalue weighted by atomic mass is 9.65. The number of carbonyl (C=O) groups is 2. The van der Waals surface area contributed by atoms with Crippen LogP contribution in [0.1, 0.15) is 164 Å². The predicted octanol–water partition coefficient (Wildman–Crippen LogP) is 12.3. The summed E-state index contributed by atoms with van der Waals surface area (Å²) in [6, 6.07) is 8.30. The number of hydrogen-bond acceptors (Lipinski definition) is 6. The van der Waals surface area contributed by atoms with E-state index >= 15 is 0 Å². The minimum absolute atomic E-state index is 0.164. The second-order valence-corrected chi connectivity index (χ2v) is 21.4. The highest BCUT2D eigenvalue weighted by Crippen LogP contribution is 2.48. The second kappa shape index (κ2) is 17.9. The Morgan fingerprint density at radius 3 is 1.15 bits per heavy atom. The zero-order valence-corrected chi connectivity index (χ0v) is 36.4. The van der Waals surface area contributed by atoms with Gasteiger partial charge in [0, 0.05) is 50.0 Å². The van der Waals surface area contributed by atoms with E-state index in [9.17, 15) is 24.9 Å². The minimum Gasteiger partial charge on any atom is -0.507 e. The van der Waals surface area contributed by atoms with Crippen LogP contribution in [0.15, 0.2) is 34.1 Å². The van der Waals surface area contributed by atoms with Crippen LogP contribution in [0.5, 0.6) is 11.5 Å². The maximum Gasteiger partial charge on any atom is 0.310 e. The quantitative estimate of drug-likeness (QED) is 0.0931. The maximum atomic E-state index is 13.6. The molecule has 4 N–H and O–H groups in total. The molecule has 6 nitrogen and oxygen atoms in total. The lowest BCUT2D eigenvalue weighted by molar-refractivity contribution is -0.156. The molecule has 0 radical (unpaired) electrons. The number of rotatable bonds is 17. The van der Waals surface area contributed by atoms with E-state index in [2.05, 4.69) is 121 Å². The largest absolute Gasteiger partial charge is 0.507 e. The van der Waals surface area contributed by atoms with E-state index in [1.807, 2.05) is 0 Å². The molecule has 2 unspecified atom stereocenters. The molecule has 0 aliphatic rings. The van der Waals surface area contributed by atoms with Gasteiger partial charge in [0.15, 0.2) is 0 Å². The van der Waals surface area contributed by atoms with Gasteiger partial charge in [-0.3, -0.25) is 9.59 Å². The average Bonchev–Trinajstić information content (AvgIpc) is 2.98. The zero-order valence-electron chi connectivity index (χ0n) is 34.7. The summed E-state index contributed by atoms with van der Waals surface area (Å²) in [6.07, 6.45) is 4.66. The SMILES string of the molecule is CC(CSc1cc(C(C)(C)C)c(O)c(C(C)(C)C)c1)C(CCCCCCCC(=O)O)(C(=O)O)C(C)CSc1cc(C(C)(C)C)c(O)c(C(C)(C)C)c1. The number of carboxylic acids is 2. The van der Waals surface area contributed by atoms with Crippen LogP contribution in [0.25, 0.3) is 0 Å². The molecule has 0 saturated carbocycles. The van der Waals surface area contributed by atoms with E-state index in [0.717, 1.165) is 57.7 Å². The van der Waals surface area contributed by atoms with Crippen molar-refractivity contribution >= 4 is 35.5 Å². The van der Waals surface area contributed by atoms with Gasteiger partial charge in [-0.15, -0.1) is 23.5 Å². The third kappa shape index (κ3) is 12.1. The topological polar surface area (TPSA) is 115 Å². The standard InChI is InChI=1S/C44H70O6S2/c1-28(26-51-30-22-32(40(3,4)5)37(47)33(23-30)41(6,7)8)44(39(49)50,21-19-17-15-16-18-20-36(45)46)29(2)27-52-31-24-34(42(9,10)11)38(48)35(25-31)43(12,13)14/h22-25,28-29,47-48H,15-21,26-27H2,1-14H3,(H,45,46)(H,49,50). The van der Waals surface area contributed by atoms with Gasteiger partial charge < -0.3 is 20.4 Å². The Balaban J connectivity index is 2.51. The Morgan fingerprint density at radius 2 is 0.865 bits per heavy atom. The Labute approximate surface area is 324 Å². The number of phenols is 2. The fraction of sp³-hybridized carbons (Fsp3) is 0.682. The third-order valence-corrected chi connectivity index (χ3v) is 13.0. The highest BCUT2D eigenvalue weighted by Gasteiger charge is 2.47. The van der Waals surface area contributed by atoms with E-state index in [4.69, 9.17) is 5.11 Å². The van der Waals surface area contributed by atoms with Gasteiger partial charge in [0.05, 0.1) is 5.41 Å². The van der Waals surface area contributed by atoms with Crippen LogP contribution >= 0.6 is 23.5 Å². The average molecular weight is 759 g/mol. The van der Waals surface area contributed by atoms with Gasteiger partial charge in [0.25, 0.3) is 0 Å². The summed E-state index contributed by atoms with van der Waals surface area (Å²) in [5, 5.41) is 42.8. The Hall–Kier alpha value is -2.32. The molecule has 52 heavy (non-hydrogen) atoms. The monoisotopic (exact) mass is 758 g/mol. The number of unbranched alkanes of at least 4 members (excludes halogenated alkanes) is 4. The van der Waals surface area contributed by atoms with Crippen LogP contribution in [0.3, 0.4) is 0 Å². The molecular formula is C44H70O6S2. The number of benzene rings is 2. The van der Waals surface area contributed by atoms with Crippen molar-refractivity contribution in [1.29, 1.82) is 0 Å². The van der Waals surface area contributed by atoms with Crippen molar-refractivity contribution in [2.75, 3.05) is 11.5 Å². The summed E-state index contributed by atoms with van der Waals surface area (Å²) in [6.45, 7) is 29.4. The van der Waals surface area contributed by atoms with Crippen molar-refractivity contribution in [3.63, 3.8) is 0 Å². The number of aromatic hydroxyl groups is 2. The fourth-order valence-electron chi connectivity index (χ4n) is 7.14. The molecule has 0 heterocycles. The summed E-state index contributed by atoms with van der Waals surface area (Å²) < 4.78 is 0. The third-order valence-electron chi connectivity index (χ3n) is 10.5. The first-order valence-corrected chi connectivity index (χ1v) is 21.1. The van der Waals surface area contributed by atoms with Crippen LogP contribution in [0.2, 0.25) is 0 Å². The lowest BCUT2D eigenvalue weighted by Crippen LogP contribution is -2.45. The van der Waals surface area contributed by atoms with Crippen LogP contribution < -0.4 is 0 Å². The highest BCUT2D eigenvalue weighted by molar-refractivity contribution is 7.99. The van der Waals surface area contributed by atoms with Gasteiger partial charge in [-0.25, -0.2) is 0 Å². The van der Waals surface area contributed by atoms with Crippen LogP contribution in [0.4, 0.5) is 0 Å². The van der Waals surface area contributed by atoms with Crippen molar-refractivity contribution in [2.24, 2.45) is 17.3 Å². The summed E-state index contributed by atoms with van der Waals surface area (Å²) in [5.41, 5.74) is 1.53. The zero-order chi connectivity index (χ0) is 40.0. The Morgan fingerprint density at radius 1 is 0.558 bits per heavy atom. The van der Waals surface area contributed by atoms with Crippen molar-refractivity contribution in [1.82, 2.24) is 0 Å². The van der Waals surface area contributed by atoms with E-state index < -0.39 is 17.4 Å². The molecule has 0 amide bonds. The molecule has 2 rings (SSSR count). The van der Waals surface area contributed by atoms with E-state index in [-0.39, 0.29) is 39.9 Å². The van der Waals surface area contributed by atoms with E-state index in [1.165, 1.54) is 0 Å². The van der Waals surface area contributed by atoms with Gasteiger partial charge in [-0.1, -0.05) is 123 Å². The van der Waals surface area contributed by atoms with Gasteiger partial charge in [-0.05, 0) is 70.6 Å². The van der Waals surface area contributed by atoms with Crippen LogP contribution in [-0.4, -0.2) is 43.9 Å². The van der Waals surface area contributed by atoms with Crippen molar-refractivity contribution < 1.29 is 30.0 Å². The summed E-state index contributed by atoms with van der Waals surface area (Å²) in [5.74, 6) is 0.00870. The summed E-state index contributed by atoms with van der Waals surface area (Å²) in [4.78, 5) is 26.7. The molecular weight excluding hydrogens is 689 g/mol. The van der Waals surface area contributed by atoms with Gasteiger partial charge in [0.1, 0.15) is 11.5 Å². The molecule has 0 aliphatic heterocycles. The van der Waals surface area contributed by atoms with Gasteiger partial charge in [-0.2, -0.15) is 0 Å². The summed E-state index contributed by atoms with van der Waals surface area (Å²) >= 11 is 3.35. The predicted molar refractivity (Wildman–Crippen MR) is 221 cm³/mol. The Kier molecular flexibility index (Phi) is 15.8. The molecule has 294 valence electrons. The number of thioether (sulfide) groups is 2. The molecule has 0 saturated heterocycles. The first-order chi connectivity index (χ1) is 23.6. The smallest absolute Gasteiger partial charge is 0.310 e. The van der Waals surface area contributed by atoms with Crippen LogP contribution in [0, 0.1) is 17.3 Å². The number of carboxylic acid groups (broad SMARTS) is 2. The number of aliphatic carboxylic acids is 2. The van der Waals surface area contributed by atoms with Crippen molar-refractivity contribution in [3.05, 3.63) is 46.5 Å². The molecule has 0 spiro atoms. The molecule has 2 aromatic carbocycles. The fourth-order valence-corrected chi connectivity index (χ4v) is 9.42. The first kappa shape index (κ1) is 45.8. The molecule has 2 aromatic rings.